The zero-order valence-corrected chi connectivity index (χ0v) is 10.6. The number of ether oxygens (including phenoxy) is 1. The largest absolute Gasteiger partial charge is 0.465 e. The van der Waals surface area contributed by atoms with Crippen LogP contribution in [0.3, 0.4) is 0 Å². The van der Waals surface area contributed by atoms with Crippen LogP contribution in [0.5, 0.6) is 0 Å². The molecule has 2 heterocycles. The van der Waals surface area contributed by atoms with Crippen molar-refractivity contribution in [1.29, 1.82) is 0 Å². The molecule has 0 fully saturated rings. The second kappa shape index (κ2) is 4.27. The minimum atomic E-state index is -3.09. The van der Waals surface area contributed by atoms with Gasteiger partial charge in [-0.15, -0.1) is 0 Å². The van der Waals surface area contributed by atoms with E-state index in [1.165, 1.54) is 13.2 Å². The fourth-order valence-electron chi connectivity index (χ4n) is 1.72. The van der Waals surface area contributed by atoms with E-state index >= 15 is 0 Å². The topological polar surface area (TPSA) is 73.3 Å². The molecule has 1 aromatic heterocycles. The number of halogens is 1. The molecule has 0 bridgehead atoms. The van der Waals surface area contributed by atoms with Crippen LogP contribution in [-0.2, 0) is 26.7 Å². The van der Waals surface area contributed by atoms with E-state index in [9.17, 15) is 13.2 Å². The second-order valence-electron chi connectivity index (χ2n) is 3.77. The Balaban J connectivity index is 2.51. The van der Waals surface area contributed by atoms with Gasteiger partial charge in [0.05, 0.1) is 24.2 Å². The van der Waals surface area contributed by atoms with Gasteiger partial charge >= 0.3 is 5.97 Å². The number of nitrogens with zero attached hydrogens (tertiary/aromatic N) is 1. The van der Waals surface area contributed by atoms with Crippen LogP contribution in [0, 0.1) is 0 Å². The first-order valence-electron chi connectivity index (χ1n) is 4.90. The average molecular weight is 276 g/mol. The maximum Gasteiger partial charge on any atom is 0.341 e. The molecular weight excluding hydrogens is 266 g/mol. The van der Waals surface area contributed by atoms with E-state index in [4.69, 9.17) is 11.6 Å². The molecule has 0 radical (unpaired) electrons. The van der Waals surface area contributed by atoms with E-state index in [1.807, 2.05) is 0 Å². The molecule has 0 aromatic carbocycles. The lowest BCUT2D eigenvalue weighted by Gasteiger charge is -2.16. The van der Waals surface area contributed by atoms with E-state index in [-0.39, 0.29) is 22.2 Å². The number of hydrogen-bond donors (Lipinski definition) is 0. The summed E-state index contributed by atoms with van der Waals surface area (Å²) < 4.78 is 27.5. The number of carbonyl (C=O) groups is 1. The molecular formula is C10H10ClNO4S. The number of methoxy groups -OCH3 is 1. The maximum atomic E-state index is 11.5. The Morgan fingerprint density at radius 3 is 2.88 bits per heavy atom. The summed E-state index contributed by atoms with van der Waals surface area (Å²) in [6, 6.07) is 1.45. The first kappa shape index (κ1) is 12.3. The molecule has 0 amide bonds. The van der Waals surface area contributed by atoms with Gasteiger partial charge < -0.3 is 4.74 Å². The molecule has 1 aliphatic rings. The summed E-state index contributed by atoms with van der Waals surface area (Å²) in [5.74, 6) is -0.648. The van der Waals surface area contributed by atoms with E-state index < -0.39 is 15.8 Å². The van der Waals surface area contributed by atoms with Crippen molar-refractivity contribution in [2.24, 2.45) is 0 Å². The summed E-state index contributed by atoms with van der Waals surface area (Å²) >= 11 is 5.84. The quantitative estimate of drug-likeness (QED) is 0.564. The summed E-state index contributed by atoms with van der Waals surface area (Å²) in [7, 11) is -1.86. The number of aromatic nitrogens is 1. The zero-order chi connectivity index (χ0) is 12.6. The normalized spacial score (nSPS) is 17.3. The lowest BCUT2D eigenvalue weighted by molar-refractivity contribution is 0.0600. The Morgan fingerprint density at radius 2 is 2.24 bits per heavy atom. The van der Waals surface area contributed by atoms with Crippen LogP contribution in [0.25, 0.3) is 0 Å². The third-order valence-electron chi connectivity index (χ3n) is 2.58. The minimum Gasteiger partial charge on any atom is -0.465 e. The van der Waals surface area contributed by atoms with Gasteiger partial charge in [0.1, 0.15) is 5.15 Å². The smallest absolute Gasteiger partial charge is 0.341 e. The zero-order valence-electron chi connectivity index (χ0n) is 9.07. The molecule has 0 saturated carbocycles. The molecule has 0 unspecified atom stereocenters. The van der Waals surface area contributed by atoms with Crippen molar-refractivity contribution < 1.29 is 17.9 Å². The van der Waals surface area contributed by atoms with Crippen LogP contribution in [-0.4, -0.2) is 32.2 Å². The highest BCUT2D eigenvalue weighted by atomic mass is 35.5. The first-order valence-corrected chi connectivity index (χ1v) is 7.10. The van der Waals surface area contributed by atoms with Gasteiger partial charge in [-0.2, -0.15) is 0 Å². The molecule has 17 heavy (non-hydrogen) atoms. The highest BCUT2D eigenvalue weighted by molar-refractivity contribution is 7.90. The summed E-state index contributed by atoms with van der Waals surface area (Å²) in [5, 5.41) is 0.0508. The van der Waals surface area contributed by atoms with Gasteiger partial charge in [-0.25, -0.2) is 18.2 Å². The van der Waals surface area contributed by atoms with Crippen molar-refractivity contribution in [3.8, 4) is 0 Å². The predicted molar refractivity (Wildman–Crippen MR) is 61.8 cm³/mol. The van der Waals surface area contributed by atoms with Crippen molar-refractivity contribution in [2.45, 2.75) is 12.2 Å². The van der Waals surface area contributed by atoms with Crippen LogP contribution in [0.4, 0.5) is 0 Å². The number of fused-ring (bicyclic) bond motifs is 1. The van der Waals surface area contributed by atoms with Gasteiger partial charge in [0, 0.05) is 12.1 Å². The van der Waals surface area contributed by atoms with Gasteiger partial charge in [-0.1, -0.05) is 11.6 Å². The number of carbonyl (C=O) groups excluding carboxylic acids is 1. The van der Waals surface area contributed by atoms with Crippen LogP contribution in [0.2, 0.25) is 5.15 Å². The van der Waals surface area contributed by atoms with E-state index in [1.54, 1.807) is 0 Å². The Morgan fingerprint density at radius 1 is 1.53 bits per heavy atom. The highest BCUT2D eigenvalue weighted by Crippen LogP contribution is 2.24. The monoisotopic (exact) mass is 275 g/mol. The SMILES string of the molecule is COC(=O)c1cc2c(nc1Cl)CCS(=O)(=O)C2. The molecule has 1 aromatic rings. The van der Waals surface area contributed by atoms with Crippen molar-refractivity contribution in [2.75, 3.05) is 12.9 Å². The third-order valence-corrected chi connectivity index (χ3v) is 4.44. The molecule has 5 nitrogen and oxygen atoms in total. The molecule has 0 saturated heterocycles. The molecule has 2 rings (SSSR count). The summed E-state index contributed by atoms with van der Waals surface area (Å²) in [5.41, 5.74) is 1.27. The Hall–Kier alpha value is -1.14. The van der Waals surface area contributed by atoms with Crippen LogP contribution >= 0.6 is 11.6 Å². The molecule has 0 aliphatic carbocycles. The summed E-state index contributed by atoms with van der Waals surface area (Å²) in [6.07, 6.45) is 0.332. The minimum absolute atomic E-state index is 0.0508. The van der Waals surface area contributed by atoms with Crippen LogP contribution < -0.4 is 0 Å². The number of pyridine rings is 1. The second-order valence-corrected chi connectivity index (χ2v) is 6.31. The van der Waals surface area contributed by atoms with Gasteiger partial charge in [0.2, 0.25) is 0 Å². The number of aryl methyl sites for hydroxylation is 1. The molecule has 0 N–H and O–H groups in total. The fraction of sp³-hybridized carbons (Fsp3) is 0.400. The first-order chi connectivity index (χ1) is 7.93. The molecule has 0 spiro atoms. The van der Waals surface area contributed by atoms with E-state index in [0.717, 1.165) is 0 Å². The van der Waals surface area contributed by atoms with Gasteiger partial charge in [0.25, 0.3) is 0 Å². The van der Waals surface area contributed by atoms with Crippen molar-refractivity contribution in [3.63, 3.8) is 0 Å². The molecule has 7 heteroatoms. The standard InChI is InChI=1S/C10H10ClNO4S/c1-16-10(13)7-4-6-5-17(14,15)3-2-8(6)12-9(7)11/h4H,2-3,5H2,1H3. The van der Waals surface area contributed by atoms with Crippen molar-refractivity contribution in [1.82, 2.24) is 4.98 Å². The summed E-state index contributed by atoms with van der Waals surface area (Å²) in [6.45, 7) is 0. The number of sulfone groups is 1. The van der Waals surface area contributed by atoms with Gasteiger partial charge in [0.15, 0.2) is 9.84 Å². The van der Waals surface area contributed by atoms with E-state index in [2.05, 4.69) is 9.72 Å². The van der Waals surface area contributed by atoms with Gasteiger partial charge in [-0.3, -0.25) is 0 Å². The van der Waals surface area contributed by atoms with E-state index in [0.29, 0.717) is 17.7 Å². The number of hydrogen-bond acceptors (Lipinski definition) is 5. The van der Waals surface area contributed by atoms with Crippen molar-refractivity contribution in [3.05, 3.63) is 28.0 Å². The number of rotatable bonds is 1. The average Bonchev–Trinajstić information content (AvgIpc) is 2.27. The van der Waals surface area contributed by atoms with Crippen LogP contribution in [0.15, 0.2) is 6.07 Å². The Labute approximate surface area is 104 Å². The lowest BCUT2D eigenvalue weighted by atomic mass is 10.1. The van der Waals surface area contributed by atoms with Crippen molar-refractivity contribution >= 4 is 27.4 Å². The van der Waals surface area contributed by atoms with Crippen LogP contribution in [0.1, 0.15) is 21.6 Å². The third kappa shape index (κ3) is 2.42. The Kier molecular flexibility index (Phi) is 3.09. The van der Waals surface area contributed by atoms with Gasteiger partial charge in [-0.05, 0) is 11.6 Å². The lowest BCUT2D eigenvalue weighted by Crippen LogP contribution is -2.21. The molecule has 1 aliphatic heterocycles. The summed E-state index contributed by atoms with van der Waals surface area (Å²) in [4.78, 5) is 15.4. The maximum absolute atomic E-state index is 11.5. The predicted octanol–water partition coefficient (Wildman–Crippen LogP) is 0.992. The number of esters is 1. The molecule has 92 valence electrons. The fourth-order valence-corrected chi connectivity index (χ4v) is 3.33. The highest BCUT2D eigenvalue weighted by Gasteiger charge is 2.25. The molecule has 0 atom stereocenters. The Bertz CT molecular complexity index is 582.